The highest BCUT2D eigenvalue weighted by Gasteiger charge is 2.10. The molecular weight excluding hydrogens is 294 g/mol. The van der Waals surface area contributed by atoms with E-state index in [1.54, 1.807) is 48.5 Å². The van der Waals surface area contributed by atoms with Gasteiger partial charge in [0.15, 0.2) is 0 Å². The van der Waals surface area contributed by atoms with Crippen LogP contribution >= 0.6 is 0 Å². The molecule has 2 N–H and O–H groups in total. The number of rotatable bonds is 4. The molecule has 116 valence electrons. The number of carbonyl (C=O) groups is 1. The fourth-order valence-corrected chi connectivity index (χ4v) is 2.24. The summed E-state index contributed by atoms with van der Waals surface area (Å²) in [4.78, 5) is 23.6. The highest BCUT2D eigenvalue weighted by molar-refractivity contribution is 5.94. The molecule has 3 aromatic rings. The number of ether oxygens (including phenoxy) is 1. The van der Waals surface area contributed by atoms with E-state index in [2.05, 4.69) is 15.5 Å². The molecule has 0 saturated heterocycles. The molecule has 0 bridgehead atoms. The zero-order valence-electron chi connectivity index (χ0n) is 12.5. The lowest BCUT2D eigenvalue weighted by Crippen LogP contribution is -2.22. The summed E-state index contributed by atoms with van der Waals surface area (Å²) >= 11 is 0. The second-order valence-corrected chi connectivity index (χ2v) is 4.89. The molecule has 0 aliphatic rings. The SMILES string of the molecule is CCNC(=O)c1cccc(Oc2n[nH]c(=O)c3ccccc23)c1. The van der Waals surface area contributed by atoms with Crippen molar-refractivity contribution in [3.8, 4) is 11.6 Å². The Kier molecular flexibility index (Phi) is 4.05. The van der Waals surface area contributed by atoms with Gasteiger partial charge in [0.05, 0.1) is 10.8 Å². The fourth-order valence-electron chi connectivity index (χ4n) is 2.24. The van der Waals surface area contributed by atoms with Crippen LogP contribution in [0.5, 0.6) is 11.6 Å². The molecule has 0 spiro atoms. The lowest BCUT2D eigenvalue weighted by atomic mass is 10.2. The van der Waals surface area contributed by atoms with E-state index < -0.39 is 0 Å². The first-order chi connectivity index (χ1) is 11.2. The quantitative estimate of drug-likeness (QED) is 0.775. The van der Waals surface area contributed by atoms with Gasteiger partial charge in [0.25, 0.3) is 11.5 Å². The highest BCUT2D eigenvalue weighted by Crippen LogP contribution is 2.25. The molecule has 23 heavy (non-hydrogen) atoms. The summed E-state index contributed by atoms with van der Waals surface area (Å²) in [5.74, 6) is 0.587. The predicted molar refractivity (Wildman–Crippen MR) is 86.9 cm³/mol. The third-order valence-corrected chi connectivity index (χ3v) is 3.31. The van der Waals surface area contributed by atoms with Crippen molar-refractivity contribution in [1.29, 1.82) is 0 Å². The van der Waals surface area contributed by atoms with Gasteiger partial charge < -0.3 is 10.1 Å². The Hall–Kier alpha value is -3.15. The Morgan fingerprint density at radius 2 is 1.96 bits per heavy atom. The summed E-state index contributed by atoms with van der Waals surface area (Å²) in [5.41, 5.74) is 0.224. The summed E-state index contributed by atoms with van der Waals surface area (Å²) in [6, 6.07) is 13.8. The number of aromatic amines is 1. The van der Waals surface area contributed by atoms with Crippen LogP contribution in [0, 0.1) is 0 Å². The maximum atomic E-state index is 11.9. The number of H-pyrrole nitrogens is 1. The van der Waals surface area contributed by atoms with Gasteiger partial charge in [-0.15, -0.1) is 5.10 Å². The van der Waals surface area contributed by atoms with E-state index in [-0.39, 0.29) is 17.3 Å². The van der Waals surface area contributed by atoms with Gasteiger partial charge >= 0.3 is 0 Å². The maximum Gasteiger partial charge on any atom is 0.272 e. The van der Waals surface area contributed by atoms with Gasteiger partial charge in [-0.05, 0) is 37.3 Å². The third kappa shape index (κ3) is 3.06. The number of aromatic nitrogens is 2. The average Bonchev–Trinajstić information content (AvgIpc) is 2.58. The van der Waals surface area contributed by atoms with Gasteiger partial charge in [0.2, 0.25) is 5.88 Å². The van der Waals surface area contributed by atoms with E-state index >= 15 is 0 Å². The Balaban J connectivity index is 1.97. The van der Waals surface area contributed by atoms with E-state index in [9.17, 15) is 9.59 Å². The van der Waals surface area contributed by atoms with E-state index in [1.165, 1.54) is 0 Å². The Labute approximate surface area is 132 Å². The van der Waals surface area contributed by atoms with Crippen molar-refractivity contribution in [2.45, 2.75) is 6.92 Å². The molecule has 1 heterocycles. The standard InChI is InChI=1S/C17H15N3O3/c1-2-18-15(21)11-6-5-7-12(10-11)23-17-14-9-4-3-8-13(14)16(22)19-20-17/h3-10H,2H2,1H3,(H,18,21)(H,19,22). The predicted octanol–water partition coefficient (Wildman–Crippen LogP) is 2.47. The van der Waals surface area contributed by atoms with Crippen LogP contribution in [0.15, 0.2) is 53.3 Å². The zero-order valence-corrected chi connectivity index (χ0v) is 12.5. The highest BCUT2D eigenvalue weighted by atomic mass is 16.5. The van der Waals surface area contributed by atoms with Crippen LogP contribution in [0.4, 0.5) is 0 Å². The van der Waals surface area contributed by atoms with E-state index in [0.717, 1.165) is 0 Å². The summed E-state index contributed by atoms with van der Waals surface area (Å²) in [6.07, 6.45) is 0. The van der Waals surface area contributed by atoms with Crippen LogP contribution in [0.1, 0.15) is 17.3 Å². The van der Waals surface area contributed by atoms with Crippen molar-refractivity contribution in [3.63, 3.8) is 0 Å². The maximum absolute atomic E-state index is 11.9. The molecule has 0 saturated carbocycles. The van der Waals surface area contributed by atoms with Gasteiger partial charge in [-0.25, -0.2) is 5.10 Å². The Morgan fingerprint density at radius 3 is 2.74 bits per heavy atom. The van der Waals surface area contributed by atoms with Crippen molar-refractivity contribution in [2.24, 2.45) is 0 Å². The van der Waals surface area contributed by atoms with E-state index in [1.807, 2.05) is 6.92 Å². The second kappa shape index (κ2) is 6.31. The lowest BCUT2D eigenvalue weighted by molar-refractivity contribution is 0.0955. The van der Waals surface area contributed by atoms with Crippen LogP contribution in [0.3, 0.4) is 0 Å². The zero-order chi connectivity index (χ0) is 16.2. The largest absolute Gasteiger partial charge is 0.437 e. The summed E-state index contributed by atoms with van der Waals surface area (Å²) < 4.78 is 5.75. The molecule has 6 heteroatoms. The molecule has 0 aliphatic carbocycles. The minimum atomic E-state index is -0.274. The molecule has 6 nitrogen and oxygen atoms in total. The minimum Gasteiger partial charge on any atom is -0.437 e. The third-order valence-electron chi connectivity index (χ3n) is 3.31. The van der Waals surface area contributed by atoms with Gasteiger partial charge in [0, 0.05) is 12.1 Å². The van der Waals surface area contributed by atoms with Gasteiger partial charge in [-0.2, -0.15) is 0 Å². The number of nitrogens with one attached hydrogen (secondary N) is 2. The first-order valence-corrected chi connectivity index (χ1v) is 7.22. The summed E-state index contributed by atoms with van der Waals surface area (Å²) in [5, 5.41) is 10.2. The number of benzene rings is 2. The van der Waals surface area contributed by atoms with Crippen LogP contribution in [-0.4, -0.2) is 22.6 Å². The number of fused-ring (bicyclic) bond motifs is 1. The molecule has 1 amide bonds. The number of nitrogens with zero attached hydrogens (tertiary/aromatic N) is 1. The van der Waals surface area contributed by atoms with Crippen LogP contribution in [0.2, 0.25) is 0 Å². The number of amides is 1. The molecule has 0 unspecified atom stereocenters. The number of carbonyl (C=O) groups excluding carboxylic acids is 1. The van der Waals surface area contributed by atoms with Crippen molar-refractivity contribution in [3.05, 3.63) is 64.4 Å². The van der Waals surface area contributed by atoms with Crippen LogP contribution < -0.4 is 15.6 Å². The smallest absolute Gasteiger partial charge is 0.272 e. The first kappa shape index (κ1) is 14.8. The lowest BCUT2D eigenvalue weighted by Gasteiger charge is -2.08. The monoisotopic (exact) mass is 309 g/mol. The summed E-state index contributed by atoms with van der Waals surface area (Å²) in [6.45, 7) is 2.41. The summed E-state index contributed by atoms with van der Waals surface area (Å²) in [7, 11) is 0. The van der Waals surface area contributed by atoms with Crippen molar-refractivity contribution >= 4 is 16.7 Å². The van der Waals surface area contributed by atoms with Gasteiger partial charge in [-0.1, -0.05) is 18.2 Å². The van der Waals surface area contributed by atoms with Crippen molar-refractivity contribution in [1.82, 2.24) is 15.5 Å². The second-order valence-electron chi connectivity index (χ2n) is 4.89. The normalized spacial score (nSPS) is 10.5. The average molecular weight is 309 g/mol. The fraction of sp³-hybridized carbons (Fsp3) is 0.118. The molecule has 0 aliphatic heterocycles. The Bertz CT molecular complexity index is 918. The van der Waals surface area contributed by atoms with Crippen LogP contribution in [0.25, 0.3) is 10.8 Å². The van der Waals surface area contributed by atoms with Crippen LogP contribution in [-0.2, 0) is 0 Å². The van der Waals surface area contributed by atoms with Gasteiger partial charge in [-0.3, -0.25) is 9.59 Å². The molecule has 0 atom stereocenters. The number of hydrogen-bond donors (Lipinski definition) is 2. The number of hydrogen-bond acceptors (Lipinski definition) is 4. The van der Waals surface area contributed by atoms with E-state index in [0.29, 0.717) is 28.6 Å². The topological polar surface area (TPSA) is 84.1 Å². The molecule has 0 fully saturated rings. The van der Waals surface area contributed by atoms with E-state index in [4.69, 9.17) is 4.74 Å². The first-order valence-electron chi connectivity index (χ1n) is 7.22. The van der Waals surface area contributed by atoms with Crippen molar-refractivity contribution < 1.29 is 9.53 Å². The molecule has 3 rings (SSSR count). The molecule has 2 aromatic carbocycles. The molecule has 0 radical (unpaired) electrons. The van der Waals surface area contributed by atoms with Crippen molar-refractivity contribution in [2.75, 3.05) is 6.54 Å². The Morgan fingerprint density at radius 1 is 1.17 bits per heavy atom. The molecular formula is C17H15N3O3. The minimum absolute atomic E-state index is 0.169. The van der Waals surface area contributed by atoms with Gasteiger partial charge in [0.1, 0.15) is 5.75 Å². The molecule has 1 aromatic heterocycles.